The highest BCUT2D eigenvalue weighted by Crippen LogP contribution is 2.38. The van der Waals surface area contributed by atoms with Crippen molar-refractivity contribution in [2.24, 2.45) is 11.3 Å². The Morgan fingerprint density at radius 2 is 1.70 bits per heavy atom. The first-order chi connectivity index (χ1) is 10.9. The molecule has 0 bridgehead atoms. The number of benzene rings is 1. The molecule has 1 fully saturated rings. The molecule has 0 heterocycles. The molecule has 1 aromatic carbocycles. The highest BCUT2D eigenvalue weighted by molar-refractivity contribution is 5.88. The zero-order chi connectivity index (χ0) is 16.9. The molecular weight excluding hydrogens is 288 g/mol. The standard InChI is InChI=1S/C20H30O3/c1-5-6-15-7-9-16(10-8-15)19(21)23-22-18-13-11-17(12-14-18)20(2,3)4/h7-10,17-18H,5-6,11-14H2,1-4H3. The molecule has 23 heavy (non-hydrogen) atoms. The lowest BCUT2D eigenvalue weighted by Crippen LogP contribution is -2.29. The molecule has 1 aliphatic carbocycles. The minimum Gasteiger partial charge on any atom is -0.293 e. The lowest BCUT2D eigenvalue weighted by molar-refractivity contribution is -0.281. The van der Waals surface area contributed by atoms with Crippen molar-refractivity contribution in [1.82, 2.24) is 0 Å². The molecule has 0 aromatic heterocycles. The van der Waals surface area contributed by atoms with Gasteiger partial charge in [-0.3, -0.25) is 4.89 Å². The van der Waals surface area contributed by atoms with Gasteiger partial charge in [0.05, 0.1) is 5.56 Å². The van der Waals surface area contributed by atoms with Gasteiger partial charge in [-0.2, -0.15) is 4.89 Å². The summed E-state index contributed by atoms with van der Waals surface area (Å²) in [6.07, 6.45) is 6.37. The first kappa shape index (κ1) is 18.0. The molecule has 0 radical (unpaired) electrons. The third-order valence-electron chi connectivity index (χ3n) is 4.89. The van der Waals surface area contributed by atoms with Crippen LogP contribution in [0.1, 0.15) is 75.7 Å². The van der Waals surface area contributed by atoms with Gasteiger partial charge in [0, 0.05) is 0 Å². The van der Waals surface area contributed by atoms with Crippen molar-refractivity contribution in [2.45, 2.75) is 72.3 Å². The van der Waals surface area contributed by atoms with E-state index in [4.69, 9.17) is 9.78 Å². The van der Waals surface area contributed by atoms with Crippen LogP contribution in [0, 0.1) is 11.3 Å². The summed E-state index contributed by atoms with van der Waals surface area (Å²) in [7, 11) is 0. The molecule has 0 atom stereocenters. The van der Waals surface area contributed by atoms with E-state index in [0.29, 0.717) is 11.0 Å². The van der Waals surface area contributed by atoms with Crippen LogP contribution < -0.4 is 0 Å². The summed E-state index contributed by atoms with van der Waals surface area (Å²) in [4.78, 5) is 22.5. The van der Waals surface area contributed by atoms with E-state index >= 15 is 0 Å². The zero-order valence-electron chi connectivity index (χ0n) is 14.9. The maximum atomic E-state index is 12.0. The predicted octanol–water partition coefficient (Wildman–Crippen LogP) is 5.33. The summed E-state index contributed by atoms with van der Waals surface area (Å²) in [6.45, 7) is 9.02. The van der Waals surface area contributed by atoms with E-state index in [1.807, 2.05) is 24.3 Å². The van der Waals surface area contributed by atoms with Crippen molar-refractivity contribution in [3.05, 3.63) is 35.4 Å². The highest BCUT2D eigenvalue weighted by atomic mass is 17.2. The van der Waals surface area contributed by atoms with E-state index in [2.05, 4.69) is 27.7 Å². The fourth-order valence-corrected chi connectivity index (χ4v) is 3.28. The molecule has 3 heteroatoms. The van der Waals surface area contributed by atoms with E-state index in [1.54, 1.807) is 0 Å². The zero-order valence-corrected chi connectivity index (χ0v) is 14.9. The Bertz CT molecular complexity index is 491. The number of aryl methyl sites for hydroxylation is 1. The predicted molar refractivity (Wildman–Crippen MR) is 92.1 cm³/mol. The Balaban J connectivity index is 1.77. The second kappa shape index (κ2) is 7.96. The normalized spacial score (nSPS) is 21.9. The largest absolute Gasteiger partial charge is 0.373 e. The third-order valence-corrected chi connectivity index (χ3v) is 4.89. The molecule has 0 N–H and O–H groups in total. The van der Waals surface area contributed by atoms with Gasteiger partial charge in [0.2, 0.25) is 0 Å². The van der Waals surface area contributed by atoms with E-state index in [-0.39, 0.29) is 6.10 Å². The summed E-state index contributed by atoms with van der Waals surface area (Å²) >= 11 is 0. The molecule has 3 nitrogen and oxygen atoms in total. The first-order valence-electron chi connectivity index (χ1n) is 8.86. The van der Waals surface area contributed by atoms with Gasteiger partial charge < -0.3 is 0 Å². The van der Waals surface area contributed by atoms with Crippen LogP contribution in [-0.4, -0.2) is 12.1 Å². The van der Waals surface area contributed by atoms with Gasteiger partial charge >= 0.3 is 5.97 Å². The number of rotatable bonds is 5. The third kappa shape index (κ3) is 5.35. The van der Waals surface area contributed by atoms with Gasteiger partial charge in [-0.15, -0.1) is 0 Å². The maximum absolute atomic E-state index is 12.0. The fraction of sp³-hybridized carbons (Fsp3) is 0.650. The summed E-state index contributed by atoms with van der Waals surface area (Å²) < 4.78 is 0. The van der Waals surface area contributed by atoms with Crippen molar-refractivity contribution in [1.29, 1.82) is 0 Å². The topological polar surface area (TPSA) is 35.5 Å². The van der Waals surface area contributed by atoms with Gasteiger partial charge in [0.25, 0.3) is 0 Å². The van der Waals surface area contributed by atoms with Crippen LogP contribution >= 0.6 is 0 Å². The fourth-order valence-electron chi connectivity index (χ4n) is 3.28. The van der Waals surface area contributed by atoms with Gasteiger partial charge in [-0.25, -0.2) is 4.79 Å². The van der Waals surface area contributed by atoms with Crippen molar-refractivity contribution < 1.29 is 14.6 Å². The van der Waals surface area contributed by atoms with Crippen molar-refractivity contribution in [3.8, 4) is 0 Å². The van der Waals surface area contributed by atoms with Crippen molar-refractivity contribution >= 4 is 5.97 Å². The molecule has 0 saturated heterocycles. The summed E-state index contributed by atoms with van der Waals surface area (Å²) in [6, 6.07) is 7.59. The molecule has 2 rings (SSSR count). The second-order valence-electron chi connectivity index (χ2n) is 7.75. The van der Waals surface area contributed by atoms with E-state index < -0.39 is 5.97 Å². The van der Waals surface area contributed by atoms with Gasteiger partial charge in [0.1, 0.15) is 6.10 Å². The SMILES string of the molecule is CCCc1ccc(C(=O)OOC2CCC(C(C)(C)C)CC2)cc1. The van der Waals surface area contributed by atoms with Crippen LogP contribution in [0.5, 0.6) is 0 Å². The second-order valence-corrected chi connectivity index (χ2v) is 7.75. The molecule has 0 amide bonds. The molecule has 0 spiro atoms. The van der Waals surface area contributed by atoms with Gasteiger partial charge in [-0.1, -0.05) is 46.2 Å². The Hall–Kier alpha value is -1.35. The van der Waals surface area contributed by atoms with Crippen LogP contribution in [0.3, 0.4) is 0 Å². The minimum absolute atomic E-state index is 0.0388. The lowest BCUT2D eigenvalue weighted by atomic mass is 9.72. The average Bonchev–Trinajstić information content (AvgIpc) is 2.53. The number of carbonyl (C=O) groups excluding carboxylic acids is 1. The Labute approximate surface area is 140 Å². The molecule has 128 valence electrons. The minimum atomic E-state index is -0.397. The molecular formula is C20H30O3. The Morgan fingerprint density at radius 1 is 1.09 bits per heavy atom. The van der Waals surface area contributed by atoms with E-state index in [9.17, 15) is 4.79 Å². The number of carbonyl (C=O) groups is 1. The monoisotopic (exact) mass is 318 g/mol. The van der Waals surface area contributed by atoms with Crippen LogP contribution in [0.4, 0.5) is 0 Å². The molecule has 0 aliphatic heterocycles. The average molecular weight is 318 g/mol. The van der Waals surface area contributed by atoms with Gasteiger partial charge in [-0.05, 0) is 61.1 Å². The van der Waals surface area contributed by atoms with Crippen LogP contribution in [0.15, 0.2) is 24.3 Å². The summed E-state index contributed by atoms with van der Waals surface area (Å²) in [5, 5.41) is 0. The van der Waals surface area contributed by atoms with Crippen molar-refractivity contribution in [3.63, 3.8) is 0 Å². The van der Waals surface area contributed by atoms with Crippen LogP contribution in [0.2, 0.25) is 0 Å². The Kier molecular flexibility index (Phi) is 6.23. The summed E-state index contributed by atoms with van der Waals surface area (Å²) in [5.41, 5.74) is 2.14. The van der Waals surface area contributed by atoms with Crippen LogP contribution in [0.25, 0.3) is 0 Å². The maximum Gasteiger partial charge on any atom is 0.373 e. The number of hydrogen-bond acceptors (Lipinski definition) is 3. The summed E-state index contributed by atoms with van der Waals surface area (Å²) in [5.74, 6) is 0.329. The lowest BCUT2D eigenvalue weighted by Gasteiger charge is -2.36. The molecule has 1 aromatic rings. The molecule has 0 unspecified atom stereocenters. The Morgan fingerprint density at radius 3 is 2.22 bits per heavy atom. The molecule has 1 saturated carbocycles. The highest BCUT2D eigenvalue weighted by Gasteiger charge is 2.30. The smallest absolute Gasteiger partial charge is 0.293 e. The van der Waals surface area contributed by atoms with Crippen LogP contribution in [-0.2, 0) is 16.2 Å². The van der Waals surface area contributed by atoms with E-state index in [0.717, 1.165) is 44.4 Å². The first-order valence-corrected chi connectivity index (χ1v) is 8.86. The quantitative estimate of drug-likeness (QED) is 0.543. The van der Waals surface area contributed by atoms with Crippen molar-refractivity contribution in [2.75, 3.05) is 0 Å². The molecule has 1 aliphatic rings. The number of hydrogen-bond donors (Lipinski definition) is 0. The van der Waals surface area contributed by atoms with E-state index in [1.165, 1.54) is 5.56 Å². The van der Waals surface area contributed by atoms with Gasteiger partial charge in [0.15, 0.2) is 0 Å².